The molecule has 0 aromatic carbocycles. The number of rotatable bonds is 1. The number of hydrogen-bond acceptors (Lipinski definition) is 4. The highest BCUT2D eigenvalue weighted by atomic mass is 35.5. The highest BCUT2D eigenvalue weighted by Gasteiger charge is 2.08. The molecular formula is C7H6ClN3OS. The molecule has 0 saturated heterocycles. The molecule has 2 heterocycles. The molecule has 2 N–H and O–H groups in total. The lowest BCUT2D eigenvalue weighted by molar-refractivity contribution is 0.0996. The van der Waals surface area contributed by atoms with E-state index < -0.39 is 5.91 Å². The smallest absolute Gasteiger partial charge is 0.270 e. The van der Waals surface area contributed by atoms with Crippen molar-refractivity contribution in [2.75, 3.05) is 0 Å². The van der Waals surface area contributed by atoms with Gasteiger partial charge in [-0.3, -0.25) is 4.79 Å². The number of carbonyl (C=O) groups is 1. The molecule has 1 amide bonds. The Balaban J connectivity index is 0.000000845. The Morgan fingerprint density at radius 2 is 2.31 bits per heavy atom. The van der Waals surface area contributed by atoms with Gasteiger partial charge in [0.15, 0.2) is 5.69 Å². The number of thiophene rings is 1. The summed E-state index contributed by atoms with van der Waals surface area (Å²) in [6.45, 7) is 0. The van der Waals surface area contributed by atoms with Crippen molar-refractivity contribution in [1.82, 2.24) is 10.2 Å². The number of fused-ring (bicyclic) bond motifs is 1. The lowest BCUT2D eigenvalue weighted by atomic mass is 10.3. The summed E-state index contributed by atoms with van der Waals surface area (Å²) in [6.07, 6.45) is 1.61. The minimum Gasteiger partial charge on any atom is -0.364 e. The highest BCUT2D eigenvalue weighted by Crippen LogP contribution is 2.21. The van der Waals surface area contributed by atoms with Crippen molar-refractivity contribution >= 4 is 39.7 Å². The first kappa shape index (κ1) is 9.88. The van der Waals surface area contributed by atoms with E-state index in [0.717, 1.165) is 10.1 Å². The predicted octanol–water partition coefficient (Wildman–Crippen LogP) is 1.21. The van der Waals surface area contributed by atoms with Gasteiger partial charge in [-0.25, -0.2) is 0 Å². The molecule has 0 fully saturated rings. The minimum atomic E-state index is -0.532. The van der Waals surface area contributed by atoms with Crippen molar-refractivity contribution in [3.05, 3.63) is 23.3 Å². The van der Waals surface area contributed by atoms with Gasteiger partial charge in [0.2, 0.25) is 0 Å². The van der Waals surface area contributed by atoms with Crippen molar-refractivity contribution in [1.29, 1.82) is 0 Å². The third-order valence-electron chi connectivity index (χ3n) is 1.50. The number of halogens is 1. The molecule has 0 aliphatic heterocycles. The van der Waals surface area contributed by atoms with Crippen LogP contribution < -0.4 is 5.73 Å². The maximum absolute atomic E-state index is 10.8. The van der Waals surface area contributed by atoms with Crippen LogP contribution in [-0.4, -0.2) is 16.1 Å². The van der Waals surface area contributed by atoms with Crippen LogP contribution in [0.1, 0.15) is 10.5 Å². The van der Waals surface area contributed by atoms with Crippen molar-refractivity contribution in [2.45, 2.75) is 0 Å². The van der Waals surface area contributed by atoms with Gasteiger partial charge >= 0.3 is 0 Å². The molecule has 0 saturated carbocycles. The van der Waals surface area contributed by atoms with Gasteiger partial charge in [-0.1, -0.05) is 0 Å². The molecule has 2 aromatic rings. The second-order valence-corrected chi connectivity index (χ2v) is 3.18. The van der Waals surface area contributed by atoms with Crippen LogP contribution in [0.25, 0.3) is 10.1 Å². The van der Waals surface area contributed by atoms with Crippen LogP contribution in [0.5, 0.6) is 0 Å². The highest BCUT2D eigenvalue weighted by molar-refractivity contribution is 7.17. The SMILES string of the molecule is Cl.NC(=O)c1nncc2ccsc12. The standard InChI is InChI=1S/C7H5N3OS.ClH/c8-7(11)5-6-4(1-2-12-6)3-9-10-5;/h1-3H,(H2,8,11);1H. The molecule has 0 radical (unpaired) electrons. The van der Waals surface area contributed by atoms with Gasteiger partial charge in [-0.05, 0) is 11.4 Å². The van der Waals surface area contributed by atoms with Crippen LogP contribution in [-0.2, 0) is 0 Å². The number of carbonyl (C=O) groups excluding carboxylic acids is 1. The number of nitrogens with two attached hydrogens (primary N) is 1. The summed E-state index contributed by atoms with van der Waals surface area (Å²) in [5.74, 6) is -0.532. The van der Waals surface area contributed by atoms with Gasteiger partial charge in [0.1, 0.15) is 0 Å². The van der Waals surface area contributed by atoms with E-state index in [1.165, 1.54) is 11.3 Å². The third-order valence-corrected chi connectivity index (χ3v) is 2.44. The molecule has 0 unspecified atom stereocenters. The van der Waals surface area contributed by atoms with E-state index in [-0.39, 0.29) is 18.1 Å². The average molecular weight is 216 g/mol. The fourth-order valence-corrected chi connectivity index (χ4v) is 1.83. The summed E-state index contributed by atoms with van der Waals surface area (Å²) < 4.78 is 0.803. The predicted molar refractivity (Wildman–Crippen MR) is 53.2 cm³/mol. The number of amides is 1. The van der Waals surface area contributed by atoms with Crippen molar-refractivity contribution < 1.29 is 4.79 Å². The third kappa shape index (κ3) is 1.61. The first-order chi connectivity index (χ1) is 5.79. The van der Waals surface area contributed by atoms with E-state index in [1.807, 2.05) is 11.4 Å². The first-order valence-corrected chi connectivity index (χ1v) is 4.15. The van der Waals surface area contributed by atoms with Gasteiger partial charge in [0, 0.05) is 5.39 Å². The molecule has 68 valence electrons. The molecule has 2 aromatic heterocycles. The number of aromatic nitrogens is 2. The molecule has 13 heavy (non-hydrogen) atoms. The fraction of sp³-hybridized carbons (Fsp3) is 0. The van der Waals surface area contributed by atoms with E-state index in [9.17, 15) is 4.79 Å². The van der Waals surface area contributed by atoms with Crippen LogP contribution >= 0.6 is 23.7 Å². The minimum absolute atomic E-state index is 0. The summed E-state index contributed by atoms with van der Waals surface area (Å²) >= 11 is 1.44. The molecule has 2 rings (SSSR count). The summed E-state index contributed by atoms with van der Waals surface area (Å²) in [7, 11) is 0. The molecule has 0 aliphatic carbocycles. The van der Waals surface area contributed by atoms with Crippen LogP contribution in [0.4, 0.5) is 0 Å². The second kappa shape index (κ2) is 3.68. The average Bonchev–Trinajstić information content (AvgIpc) is 2.49. The van der Waals surface area contributed by atoms with E-state index in [1.54, 1.807) is 6.20 Å². The van der Waals surface area contributed by atoms with E-state index in [0.29, 0.717) is 0 Å². The summed E-state index contributed by atoms with van der Waals surface area (Å²) in [5.41, 5.74) is 5.36. The quantitative estimate of drug-likeness (QED) is 0.778. The Morgan fingerprint density at radius 1 is 1.54 bits per heavy atom. The normalized spacial score (nSPS) is 9.54. The van der Waals surface area contributed by atoms with E-state index in [4.69, 9.17) is 5.73 Å². The zero-order valence-corrected chi connectivity index (χ0v) is 8.06. The van der Waals surface area contributed by atoms with Crippen LogP contribution in [0, 0.1) is 0 Å². The summed E-state index contributed by atoms with van der Waals surface area (Å²) in [6, 6.07) is 1.88. The number of hydrogen-bond donors (Lipinski definition) is 1. The maximum atomic E-state index is 10.8. The monoisotopic (exact) mass is 215 g/mol. The molecule has 6 heteroatoms. The zero-order chi connectivity index (χ0) is 8.55. The molecule has 0 spiro atoms. The van der Waals surface area contributed by atoms with E-state index in [2.05, 4.69) is 10.2 Å². The Hall–Kier alpha value is -1.20. The van der Waals surface area contributed by atoms with Crippen LogP contribution in [0.3, 0.4) is 0 Å². The second-order valence-electron chi connectivity index (χ2n) is 2.26. The topological polar surface area (TPSA) is 68.9 Å². The van der Waals surface area contributed by atoms with Gasteiger partial charge < -0.3 is 5.73 Å². The zero-order valence-electron chi connectivity index (χ0n) is 6.43. The summed E-state index contributed by atoms with van der Waals surface area (Å²) in [5, 5.41) is 10.1. The largest absolute Gasteiger partial charge is 0.364 e. The summed E-state index contributed by atoms with van der Waals surface area (Å²) in [4.78, 5) is 10.8. The Morgan fingerprint density at radius 3 is 3.00 bits per heavy atom. The lowest BCUT2D eigenvalue weighted by Crippen LogP contribution is -2.13. The molecular weight excluding hydrogens is 210 g/mol. The molecule has 0 bridgehead atoms. The molecule has 0 atom stereocenters. The van der Waals surface area contributed by atoms with Crippen molar-refractivity contribution in [2.24, 2.45) is 5.73 Å². The van der Waals surface area contributed by atoms with Crippen molar-refractivity contribution in [3.8, 4) is 0 Å². The molecule has 4 nitrogen and oxygen atoms in total. The Kier molecular flexibility index (Phi) is 2.79. The fourth-order valence-electron chi connectivity index (χ4n) is 0.969. The van der Waals surface area contributed by atoms with E-state index >= 15 is 0 Å². The Labute approximate surface area is 84.2 Å². The first-order valence-electron chi connectivity index (χ1n) is 3.28. The van der Waals surface area contributed by atoms with Crippen molar-refractivity contribution in [3.63, 3.8) is 0 Å². The Bertz CT molecular complexity index is 442. The van der Waals surface area contributed by atoms with Gasteiger partial charge in [-0.15, -0.1) is 28.8 Å². The van der Waals surface area contributed by atoms with Crippen LogP contribution in [0.15, 0.2) is 17.6 Å². The van der Waals surface area contributed by atoms with Crippen LogP contribution in [0.2, 0.25) is 0 Å². The number of nitrogens with zero attached hydrogens (tertiary/aromatic N) is 2. The van der Waals surface area contributed by atoms with Gasteiger partial charge in [0.25, 0.3) is 5.91 Å². The maximum Gasteiger partial charge on any atom is 0.270 e. The van der Waals surface area contributed by atoms with Gasteiger partial charge in [-0.2, -0.15) is 5.10 Å². The number of primary amides is 1. The molecule has 0 aliphatic rings. The lowest BCUT2D eigenvalue weighted by Gasteiger charge is -1.93. The van der Waals surface area contributed by atoms with Gasteiger partial charge in [0.05, 0.1) is 10.9 Å².